The van der Waals surface area contributed by atoms with Crippen LogP contribution < -0.4 is 28.9 Å². The molecule has 0 aromatic heterocycles. The van der Waals surface area contributed by atoms with Gasteiger partial charge in [0, 0.05) is 5.69 Å². The molecule has 3 saturated carbocycles. The summed E-state index contributed by atoms with van der Waals surface area (Å²) in [6, 6.07) is 5.11. The molecule has 3 aliphatic carbocycles. The van der Waals surface area contributed by atoms with Crippen LogP contribution in [0.25, 0.3) is 0 Å². The van der Waals surface area contributed by atoms with Crippen LogP contribution in [0.5, 0.6) is 0 Å². The standard InChI is InChI=1S/C25H31N4O6S2.Li/c1-13(2)9-10-29-22-15-4-3-14(11-15)20(22)23(30)21(25(29)31)24-26-18-8-5-16(12-19(18)37(34,35)28-24)27-36(32,33)17-6-7-17;/h5,8,12-15,17,20,27,30H,3-4,6-7,9-11H2,1-2H3,(H,26,28);/q-1;+1/t14-,15+,20+;/m0./s1. The van der Waals surface area contributed by atoms with Gasteiger partial charge in [0.25, 0.3) is 10.0 Å². The number of hydrogen-bond donors (Lipinski definition) is 3. The van der Waals surface area contributed by atoms with E-state index < -0.39 is 31.2 Å². The van der Waals surface area contributed by atoms with Gasteiger partial charge in [0.05, 0.1) is 16.7 Å². The Balaban J connectivity index is 0.00000294. The number of hydrogen-bond acceptors (Lipinski definition) is 7. The van der Waals surface area contributed by atoms with Crippen LogP contribution in [0.1, 0.15) is 52.4 Å². The monoisotopic (exact) mass is 554 g/mol. The number of amidine groups is 1. The van der Waals surface area contributed by atoms with Crippen LogP contribution >= 0.6 is 0 Å². The van der Waals surface area contributed by atoms with E-state index in [-0.39, 0.29) is 70.1 Å². The van der Waals surface area contributed by atoms with Crippen LogP contribution in [-0.4, -0.2) is 50.4 Å². The number of benzene rings is 1. The first kappa shape index (κ1) is 27.6. The zero-order valence-corrected chi connectivity index (χ0v) is 23.4. The third-order valence-electron chi connectivity index (χ3n) is 8.12. The molecule has 1 aromatic carbocycles. The Hall–Kier alpha value is -2.00. The summed E-state index contributed by atoms with van der Waals surface area (Å²) in [5.74, 6) is -0.179. The Kier molecular flexibility index (Phi) is 6.94. The SMILES string of the molecule is CC(C)CCN1C(=O)C(C2=NS(=O)(=O)c3cc(NS(=O)(=O)C4CC4)ccc3N2)=C(O)[C@H]2[C-]1[C@@H]1CC[C@H]2C1.[Li+]. The molecule has 0 spiro atoms. The molecule has 2 heterocycles. The predicted octanol–water partition coefficient (Wildman–Crippen LogP) is 0.386. The second-order valence-electron chi connectivity index (χ2n) is 11.2. The van der Waals surface area contributed by atoms with Crippen molar-refractivity contribution in [1.82, 2.24) is 4.90 Å². The molecule has 3 fully saturated rings. The summed E-state index contributed by atoms with van der Waals surface area (Å²) in [5, 5.41) is 13.8. The van der Waals surface area contributed by atoms with Gasteiger partial charge < -0.3 is 15.3 Å². The van der Waals surface area contributed by atoms with Gasteiger partial charge in [-0.1, -0.05) is 44.9 Å². The van der Waals surface area contributed by atoms with Gasteiger partial charge in [-0.25, -0.2) is 14.5 Å². The maximum absolute atomic E-state index is 13.8. The van der Waals surface area contributed by atoms with Crippen molar-refractivity contribution in [2.75, 3.05) is 16.6 Å². The van der Waals surface area contributed by atoms with E-state index in [4.69, 9.17) is 0 Å². The molecule has 5 aliphatic rings. The normalized spacial score (nSPS) is 28.0. The summed E-state index contributed by atoms with van der Waals surface area (Å²) in [7, 11) is -7.85. The number of anilines is 2. The first-order valence-electron chi connectivity index (χ1n) is 12.9. The first-order chi connectivity index (χ1) is 17.5. The zero-order valence-electron chi connectivity index (χ0n) is 21.8. The Morgan fingerprint density at radius 2 is 1.97 bits per heavy atom. The molecule has 0 radical (unpaired) electrons. The van der Waals surface area contributed by atoms with Crippen molar-refractivity contribution in [3.63, 3.8) is 0 Å². The van der Waals surface area contributed by atoms with E-state index in [9.17, 15) is 26.7 Å². The number of fused-ring (bicyclic) bond motifs is 6. The smallest absolute Gasteiger partial charge is 0.514 e. The Bertz CT molecular complexity index is 1450. The number of nitrogens with zero attached hydrogens (tertiary/aromatic N) is 2. The quantitative estimate of drug-likeness (QED) is 0.327. The summed E-state index contributed by atoms with van der Waals surface area (Å²) in [4.78, 5) is 15.3. The minimum absolute atomic E-state index is 0. The molecule has 0 unspecified atom stereocenters. The topological polar surface area (TPSA) is 145 Å². The second-order valence-corrected chi connectivity index (χ2v) is 14.7. The zero-order chi connectivity index (χ0) is 26.3. The van der Waals surface area contributed by atoms with Crippen molar-refractivity contribution in [2.24, 2.45) is 28.1 Å². The molecule has 3 N–H and O–H groups in total. The average molecular weight is 555 g/mol. The van der Waals surface area contributed by atoms with E-state index in [1.807, 2.05) is 0 Å². The van der Waals surface area contributed by atoms with E-state index in [1.165, 1.54) is 18.2 Å². The molecule has 2 aliphatic heterocycles. The van der Waals surface area contributed by atoms with E-state index in [0.717, 1.165) is 31.7 Å². The van der Waals surface area contributed by atoms with Gasteiger partial charge in [0.2, 0.25) is 15.9 Å². The van der Waals surface area contributed by atoms with Crippen molar-refractivity contribution in [2.45, 2.75) is 62.5 Å². The summed E-state index contributed by atoms with van der Waals surface area (Å²) in [6.07, 6.45) is 4.82. The molecule has 10 nitrogen and oxygen atoms in total. The molecule has 2 bridgehead atoms. The number of aliphatic hydroxyl groups is 1. The largest absolute Gasteiger partial charge is 1.00 e. The van der Waals surface area contributed by atoms with Crippen molar-refractivity contribution >= 4 is 43.2 Å². The molecule has 0 saturated heterocycles. The predicted molar refractivity (Wildman–Crippen MR) is 139 cm³/mol. The fourth-order valence-corrected chi connectivity index (χ4v) is 8.68. The number of rotatable bonds is 7. The summed E-state index contributed by atoms with van der Waals surface area (Å²) in [6.45, 7) is 4.67. The average Bonchev–Trinajstić information content (AvgIpc) is 3.49. The molecule has 13 heteroatoms. The third kappa shape index (κ3) is 4.57. The minimum atomic E-state index is -4.28. The second kappa shape index (κ2) is 9.57. The van der Waals surface area contributed by atoms with Crippen LogP contribution in [0.2, 0.25) is 0 Å². The molecule has 6 rings (SSSR count). The molecular weight excluding hydrogens is 523 g/mol. The molecule has 1 amide bonds. The van der Waals surface area contributed by atoms with E-state index >= 15 is 0 Å². The molecule has 200 valence electrons. The van der Waals surface area contributed by atoms with E-state index in [2.05, 4.69) is 28.3 Å². The molecule has 3 atom stereocenters. The maximum atomic E-state index is 13.8. The summed E-state index contributed by atoms with van der Waals surface area (Å²) in [5.41, 5.74) is 0.202. The van der Waals surface area contributed by atoms with Crippen LogP contribution in [-0.2, 0) is 24.8 Å². The van der Waals surface area contributed by atoms with Crippen molar-refractivity contribution in [3.8, 4) is 0 Å². The molecule has 38 heavy (non-hydrogen) atoms. The number of amides is 1. The Morgan fingerprint density at radius 1 is 1.24 bits per heavy atom. The van der Waals surface area contributed by atoms with Gasteiger partial charge >= 0.3 is 18.9 Å². The van der Waals surface area contributed by atoms with Gasteiger partial charge in [-0.2, -0.15) is 8.42 Å². The van der Waals surface area contributed by atoms with Crippen LogP contribution in [0, 0.1) is 29.7 Å². The number of carbonyl (C=O) groups is 1. The van der Waals surface area contributed by atoms with Gasteiger partial charge in [-0.15, -0.1) is 10.3 Å². The Morgan fingerprint density at radius 3 is 2.66 bits per heavy atom. The number of carbonyl (C=O) groups excluding carboxylic acids is 1. The van der Waals surface area contributed by atoms with E-state index in [1.54, 1.807) is 4.90 Å². The third-order valence-corrected chi connectivity index (χ3v) is 11.3. The van der Waals surface area contributed by atoms with E-state index in [0.29, 0.717) is 25.3 Å². The number of aliphatic hydroxyl groups excluding tert-OH is 1. The van der Waals surface area contributed by atoms with Crippen LogP contribution in [0.3, 0.4) is 0 Å². The minimum Gasteiger partial charge on any atom is -0.514 e. The molecular formula is C25H31LiN4O6S2. The van der Waals surface area contributed by atoms with Crippen molar-refractivity contribution in [1.29, 1.82) is 0 Å². The van der Waals surface area contributed by atoms with Crippen molar-refractivity contribution in [3.05, 3.63) is 35.6 Å². The first-order valence-corrected chi connectivity index (χ1v) is 15.8. The fourth-order valence-electron chi connectivity index (χ4n) is 6.15. The summed E-state index contributed by atoms with van der Waals surface area (Å²) < 4.78 is 57.4. The van der Waals surface area contributed by atoms with Gasteiger partial charge in [0.15, 0.2) is 5.84 Å². The van der Waals surface area contributed by atoms with Gasteiger partial charge in [-0.05, 0) is 49.9 Å². The Labute approximate surface area is 235 Å². The summed E-state index contributed by atoms with van der Waals surface area (Å²) >= 11 is 0. The van der Waals surface area contributed by atoms with Gasteiger partial charge in [0.1, 0.15) is 10.5 Å². The molecule has 1 aromatic rings. The maximum Gasteiger partial charge on any atom is 1.00 e. The van der Waals surface area contributed by atoms with Crippen LogP contribution in [0.15, 0.2) is 38.8 Å². The fraction of sp³-hybridized carbons (Fsp3) is 0.560. The van der Waals surface area contributed by atoms with Crippen molar-refractivity contribution < 1.29 is 45.6 Å². The number of sulfonamides is 2. The number of nitrogens with one attached hydrogen (secondary N) is 2. The van der Waals surface area contributed by atoms with Gasteiger partial charge in [-0.3, -0.25) is 9.52 Å². The van der Waals surface area contributed by atoms with Crippen LogP contribution in [0.4, 0.5) is 11.4 Å².